The van der Waals surface area contributed by atoms with E-state index in [1.807, 2.05) is 17.5 Å². The maximum Gasteiger partial charge on any atom is 0.331 e. The summed E-state index contributed by atoms with van der Waals surface area (Å²) >= 11 is 1.46. The summed E-state index contributed by atoms with van der Waals surface area (Å²) < 4.78 is 1.50. The highest BCUT2D eigenvalue weighted by Gasteiger charge is 2.23. The molecule has 0 aromatic carbocycles. The third-order valence-electron chi connectivity index (χ3n) is 2.53. The summed E-state index contributed by atoms with van der Waals surface area (Å²) in [5.74, 6) is -1.42. The summed E-state index contributed by atoms with van der Waals surface area (Å²) in [4.78, 5) is 23.9. The SMILES string of the molecule is Cn1cc(C(NC(=O)Cc2cccs2)C(=O)O)cn1. The number of aliphatic carboxylic acids is 1. The van der Waals surface area contributed by atoms with Crippen LogP contribution in [0.2, 0.25) is 0 Å². The molecule has 7 heteroatoms. The minimum Gasteiger partial charge on any atom is -0.479 e. The number of carbonyl (C=O) groups is 2. The Morgan fingerprint density at radius 1 is 1.58 bits per heavy atom. The Morgan fingerprint density at radius 2 is 2.37 bits per heavy atom. The largest absolute Gasteiger partial charge is 0.479 e. The van der Waals surface area contributed by atoms with Crippen molar-refractivity contribution >= 4 is 23.2 Å². The van der Waals surface area contributed by atoms with Crippen LogP contribution in [0.25, 0.3) is 0 Å². The molecule has 1 amide bonds. The lowest BCUT2D eigenvalue weighted by atomic mass is 10.1. The number of thiophene rings is 1. The molecule has 0 saturated carbocycles. The third-order valence-corrected chi connectivity index (χ3v) is 3.40. The summed E-state index contributed by atoms with van der Waals surface area (Å²) in [7, 11) is 1.69. The molecule has 0 radical (unpaired) electrons. The van der Waals surface area contributed by atoms with E-state index in [1.165, 1.54) is 22.2 Å². The molecule has 0 aliphatic rings. The first-order valence-electron chi connectivity index (χ1n) is 5.59. The molecule has 0 bridgehead atoms. The Balaban J connectivity index is 2.05. The van der Waals surface area contributed by atoms with Crippen LogP contribution in [0.15, 0.2) is 29.9 Å². The lowest BCUT2D eigenvalue weighted by Gasteiger charge is -2.12. The van der Waals surface area contributed by atoms with E-state index in [4.69, 9.17) is 5.11 Å². The maximum atomic E-state index is 11.8. The minimum absolute atomic E-state index is 0.182. The second-order valence-corrected chi connectivity index (χ2v) is 5.07. The van der Waals surface area contributed by atoms with Crippen LogP contribution in [0.4, 0.5) is 0 Å². The number of carboxylic acid groups (broad SMARTS) is 1. The fourth-order valence-corrected chi connectivity index (χ4v) is 2.36. The van der Waals surface area contributed by atoms with Crippen LogP contribution in [0.5, 0.6) is 0 Å². The molecular weight excluding hydrogens is 266 g/mol. The molecule has 0 saturated heterocycles. The molecular formula is C12H13N3O3S. The highest BCUT2D eigenvalue weighted by atomic mass is 32.1. The summed E-state index contributed by atoms with van der Waals surface area (Å²) in [5.41, 5.74) is 0.453. The van der Waals surface area contributed by atoms with E-state index >= 15 is 0 Å². The van der Waals surface area contributed by atoms with E-state index in [1.54, 1.807) is 13.2 Å². The number of nitrogens with one attached hydrogen (secondary N) is 1. The van der Waals surface area contributed by atoms with Gasteiger partial charge in [0.05, 0.1) is 12.6 Å². The Hall–Kier alpha value is -2.15. The molecule has 2 aromatic heterocycles. The van der Waals surface area contributed by atoms with Crippen molar-refractivity contribution < 1.29 is 14.7 Å². The molecule has 19 heavy (non-hydrogen) atoms. The van der Waals surface area contributed by atoms with E-state index in [0.29, 0.717) is 5.56 Å². The molecule has 0 aliphatic heterocycles. The second-order valence-electron chi connectivity index (χ2n) is 4.04. The molecule has 0 fully saturated rings. The molecule has 6 nitrogen and oxygen atoms in total. The number of amides is 1. The highest BCUT2D eigenvalue weighted by molar-refractivity contribution is 7.10. The number of nitrogens with zero attached hydrogens (tertiary/aromatic N) is 2. The van der Waals surface area contributed by atoms with Crippen molar-refractivity contribution in [3.05, 3.63) is 40.3 Å². The van der Waals surface area contributed by atoms with Crippen LogP contribution in [-0.2, 0) is 23.1 Å². The Bertz CT molecular complexity index is 577. The molecule has 2 aromatic rings. The van der Waals surface area contributed by atoms with Crippen molar-refractivity contribution in [3.63, 3.8) is 0 Å². The highest BCUT2D eigenvalue weighted by Crippen LogP contribution is 2.14. The Labute approximate surface area is 113 Å². The van der Waals surface area contributed by atoms with Crippen LogP contribution in [0.1, 0.15) is 16.5 Å². The lowest BCUT2D eigenvalue weighted by molar-refractivity contribution is -0.141. The quantitative estimate of drug-likeness (QED) is 0.854. The first kappa shape index (κ1) is 13.3. The van der Waals surface area contributed by atoms with Crippen molar-refractivity contribution in [2.24, 2.45) is 7.05 Å². The van der Waals surface area contributed by atoms with Gasteiger partial charge in [-0.2, -0.15) is 5.10 Å². The van der Waals surface area contributed by atoms with Crippen LogP contribution in [0.3, 0.4) is 0 Å². The van der Waals surface area contributed by atoms with Crippen molar-refractivity contribution in [2.45, 2.75) is 12.5 Å². The second kappa shape index (κ2) is 5.66. The summed E-state index contributed by atoms with van der Waals surface area (Å²) in [5, 5.41) is 17.4. The summed E-state index contributed by atoms with van der Waals surface area (Å²) in [6.07, 6.45) is 3.19. The van der Waals surface area contributed by atoms with E-state index in [0.717, 1.165) is 4.88 Å². The monoisotopic (exact) mass is 279 g/mol. The number of rotatable bonds is 5. The molecule has 2 N–H and O–H groups in total. The molecule has 1 unspecified atom stereocenters. The van der Waals surface area contributed by atoms with Crippen molar-refractivity contribution in [2.75, 3.05) is 0 Å². The van der Waals surface area contributed by atoms with Gasteiger partial charge >= 0.3 is 5.97 Å². The van der Waals surface area contributed by atoms with Crippen LogP contribution in [-0.4, -0.2) is 26.8 Å². The van der Waals surface area contributed by atoms with Gasteiger partial charge in [0.1, 0.15) is 0 Å². The van der Waals surface area contributed by atoms with E-state index in [9.17, 15) is 9.59 Å². The minimum atomic E-state index is -1.10. The predicted molar refractivity (Wildman–Crippen MR) is 69.8 cm³/mol. The van der Waals surface area contributed by atoms with E-state index in [2.05, 4.69) is 10.4 Å². The summed E-state index contributed by atoms with van der Waals surface area (Å²) in [6, 6.07) is 2.62. The normalized spacial score (nSPS) is 12.1. The fourth-order valence-electron chi connectivity index (χ4n) is 1.66. The van der Waals surface area contributed by atoms with Crippen LogP contribution in [0, 0.1) is 0 Å². The number of hydrogen-bond acceptors (Lipinski definition) is 4. The fraction of sp³-hybridized carbons (Fsp3) is 0.250. The van der Waals surface area contributed by atoms with Gasteiger partial charge in [-0.15, -0.1) is 11.3 Å². The standard InChI is InChI=1S/C12H13N3O3S/c1-15-7-8(6-13-15)11(12(17)18)14-10(16)5-9-3-2-4-19-9/h2-4,6-7,11H,5H2,1H3,(H,14,16)(H,17,18). The third kappa shape index (κ3) is 3.41. The number of hydrogen-bond donors (Lipinski definition) is 2. The molecule has 0 aliphatic carbocycles. The average molecular weight is 279 g/mol. The van der Waals surface area contributed by atoms with E-state index < -0.39 is 12.0 Å². The van der Waals surface area contributed by atoms with Gasteiger partial charge in [0.2, 0.25) is 5.91 Å². The number of aryl methyl sites for hydroxylation is 1. The van der Waals surface area contributed by atoms with Crippen LogP contribution >= 0.6 is 11.3 Å². The Morgan fingerprint density at radius 3 is 2.89 bits per heavy atom. The van der Waals surface area contributed by atoms with Gasteiger partial charge in [-0.3, -0.25) is 9.48 Å². The zero-order valence-corrected chi connectivity index (χ0v) is 11.1. The van der Waals surface area contributed by atoms with Gasteiger partial charge in [0.25, 0.3) is 0 Å². The topological polar surface area (TPSA) is 84.2 Å². The van der Waals surface area contributed by atoms with Gasteiger partial charge in [-0.25, -0.2) is 4.79 Å². The van der Waals surface area contributed by atoms with Gasteiger partial charge in [-0.05, 0) is 11.4 Å². The van der Waals surface area contributed by atoms with E-state index in [-0.39, 0.29) is 12.3 Å². The van der Waals surface area contributed by atoms with Crippen molar-refractivity contribution in [1.82, 2.24) is 15.1 Å². The number of carboxylic acids is 1. The first-order chi connectivity index (χ1) is 9.06. The lowest BCUT2D eigenvalue weighted by Crippen LogP contribution is -2.34. The smallest absolute Gasteiger partial charge is 0.331 e. The van der Waals surface area contributed by atoms with Gasteiger partial charge in [0, 0.05) is 23.7 Å². The molecule has 1 atom stereocenters. The molecule has 0 spiro atoms. The molecule has 2 rings (SSSR count). The summed E-state index contributed by atoms with van der Waals surface area (Å²) in [6.45, 7) is 0. The van der Waals surface area contributed by atoms with Crippen LogP contribution < -0.4 is 5.32 Å². The zero-order chi connectivity index (χ0) is 13.8. The predicted octanol–water partition coefficient (Wildman–Crippen LogP) is 0.966. The molecule has 100 valence electrons. The van der Waals surface area contributed by atoms with Gasteiger partial charge in [-0.1, -0.05) is 6.07 Å². The van der Waals surface area contributed by atoms with Gasteiger partial charge in [0.15, 0.2) is 6.04 Å². The van der Waals surface area contributed by atoms with Crippen molar-refractivity contribution in [1.29, 1.82) is 0 Å². The number of aromatic nitrogens is 2. The Kier molecular flexibility index (Phi) is 3.96. The van der Waals surface area contributed by atoms with Gasteiger partial charge < -0.3 is 10.4 Å². The average Bonchev–Trinajstić information content (AvgIpc) is 2.97. The van der Waals surface area contributed by atoms with Crippen molar-refractivity contribution in [3.8, 4) is 0 Å². The zero-order valence-electron chi connectivity index (χ0n) is 10.2. The maximum absolute atomic E-state index is 11.8. The molecule has 2 heterocycles. The number of carbonyl (C=O) groups excluding carboxylic acids is 1. The first-order valence-corrected chi connectivity index (χ1v) is 6.47.